The van der Waals surface area contributed by atoms with E-state index in [1.807, 2.05) is 0 Å². The molecule has 2 aliphatic heterocycles. The molecule has 2 atom stereocenters. The van der Waals surface area contributed by atoms with E-state index in [-0.39, 0.29) is 12.0 Å². The summed E-state index contributed by atoms with van der Waals surface area (Å²) in [7, 11) is 0. The second-order valence-corrected chi connectivity index (χ2v) is 4.61. The molecule has 0 aromatic carbocycles. The highest BCUT2D eigenvalue weighted by Gasteiger charge is 2.24. The lowest BCUT2D eigenvalue weighted by molar-refractivity contribution is -0.149. The molecule has 2 saturated heterocycles. The number of morpholine rings is 2. The summed E-state index contributed by atoms with van der Waals surface area (Å²) in [4.78, 5) is 13.9. The Morgan fingerprint density at radius 3 is 2.89 bits per heavy atom. The van der Waals surface area contributed by atoms with Crippen molar-refractivity contribution in [2.75, 3.05) is 52.6 Å². The highest BCUT2D eigenvalue weighted by atomic mass is 16.5. The number of ether oxygens (including phenoxy) is 3. The first-order chi connectivity index (χ1) is 8.77. The Bertz CT molecular complexity index is 263. The van der Waals surface area contributed by atoms with Crippen LogP contribution in [0.4, 0.5) is 0 Å². The van der Waals surface area contributed by atoms with Gasteiger partial charge in [0, 0.05) is 26.2 Å². The van der Waals surface area contributed by atoms with Crippen LogP contribution in [0.25, 0.3) is 0 Å². The number of amides is 1. The summed E-state index contributed by atoms with van der Waals surface area (Å²) in [6.07, 6.45) is -0.354. The van der Waals surface area contributed by atoms with Crippen molar-refractivity contribution in [1.82, 2.24) is 10.2 Å². The lowest BCUT2D eigenvalue weighted by Gasteiger charge is -2.30. The summed E-state index contributed by atoms with van der Waals surface area (Å²) in [5, 5.41) is 3.23. The summed E-state index contributed by atoms with van der Waals surface area (Å²) in [6.45, 7) is 7.21. The molecule has 2 fully saturated rings. The van der Waals surface area contributed by atoms with E-state index in [1.165, 1.54) is 0 Å². The predicted octanol–water partition coefficient (Wildman–Crippen LogP) is -0.761. The van der Waals surface area contributed by atoms with Gasteiger partial charge in [0.1, 0.15) is 6.10 Å². The molecule has 18 heavy (non-hydrogen) atoms. The molecule has 6 heteroatoms. The van der Waals surface area contributed by atoms with Gasteiger partial charge in [0.25, 0.3) is 5.91 Å². The van der Waals surface area contributed by atoms with Crippen molar-refractivity contribution < 1.29 is 19.0 Å². The van der Waals surface area contributed by atoms with Crippen molar-refractivity contribution in [2.24, 2.45) is 0 Å². The summed E-state index contributed by atoms with van der Waals surface area (Å²) in [5.74, 6) is 0.0436. The quantitative estimate of drug-likeness (QED) is 0.718. The van der Waals surface area contributed by atoms with E-state index in [1.54, 1.807) is 11.8 Å². The molecule has 2 unspecified atom stereocenters. The van der Waals surface area contributed by atoms with Crippen molar-refractivity contribution in [3.05, 3.63) is 0 Å². The molecule has 0 aliphatic carbocycles. The van der Waals surface area contributed by atoms with Crippen LogP contribution in [0.3, 0.4) is 0 Å². The van der Waals surface area contributed by atoms with Gasteiger partial charge in [-0.3, -0.25) is 4.79 Å². The molecule has 2 heterocycles. The Labute approximate surface area is 108 Å². The van der Waals surface area contributed by atoms with Gasteiger partial charge in [-0.05, 0) is 6.92 Å². The molecule has 0 aromatic rings. The maximum absolute atomic E-state index is 12.1. The number of carbonyl (C=O) groups is 1. The van der Waals surface area contributed by atoms with E-state index in [0.29, 0.717) is 39.5 Å². The smallest absolute Gasteiger partial charge is 0.251 e. The zero-order valence-corrected chi connectivity index (χ0v) is 10.9. The molecule has 1 N–H and O–H groups in total. The summed E-state index contributed by atoms with van der Waals surface area (Å²) >= 11 is 0. The Balaban J connectivity index is 1.69. The molecule has 0 aromatic heterocycles. The van der Waals surface area contributed by atoms with Crippen LogP contribution in [-0.2, 0) is 19.0 Å². The number of nitrogens with one attached hydrogen (secondary N) is 1. The van der Waals surface area contributed by atoms with Gasteiger partial charge in [0.15, 0.2) is 0 Å². The Hall–Kier alpha value is -0.690. The van der Waals surface area contributed by atoms with Gasteiger partial charge in [-0.25, -0.2) is 0 Å². The maximum Gasteiger partial charge on any atom is 0.251 e. The molecule has 0 saturated carbocycles. The summed E-state index contributed by atoms with van der Waals surface area (Å²) in [5.41, 5.74) is 0. The normalized spacial score (nSPS) is 26.9. The largest absolute Gasteiger partial charge is 0.378 e. The molecule has 1 amide bonds. The third-order valence-corrected chi connectivity index (χ3v) is 3.21. The highest BCUT2D eigenvalue weighted by Crippen LogP contribution is 2.05. The fourth-order valence-corrected chi connectivity index (χ4v) is 2.09. The van der Waals surface area contributed by atoms with E-state index in [9.17, 15) is 4.79 Å². The molecule has 2 aliphatic rings. The Morgan fingerprint density at radius 2 is 2.22 bits per heavy atom. The Morgan fingerprint density at radius 1 is 1.44 bits per heavy atom. The minimum atomic E-state index is -0.409. The van der Waals surface area contributed by atoms with Crippen LogP contribution < -0.4 is 5.32 Å². The number of nitrogens with zero attached hydrogens (tertiary/aromatic N) is 1. The zero-order chi connectivity index (χ0) is 12.8. The first kappa shape index (κ1) is 13.7. The first-order valence-electron chi connectivity index (χ1n) is 6.58. The fraction of sp³-hybridized carbons (Fsp3) is 0.917. The van der Waals surface area contributed by atoms with Crippen LogP contribution in [0, 0.1) is 0 Å². The maximum atomic E-state index is 12.1. The van der Waals surface area contributed by atoms with E-state index in [0.717, 1.165) is 13.1 Å². The van der Waals surface area contributed by atoms with E-state index in [2.05, 4.69) is 5.32 Å². The number of carbonyl (C=O) groups excluding carboxylic acids is 1. The molecular weight excluding hydrogens is 236 g/mol. The SMILES string of the molecule is CC(OCC1CNCCO1)C(=O)N1CCOCC1. The van der Waals surface area contributed by atoms with Gasteiger partial charge in [-0.15, -0.1) is 0 Å². The average molecular weight is 258 g/mol. The van der Waals surface area contributed by atoms with Gasteiger partial charge in [0.05, 0.1) is 32.5 Å². The fourth-order valence-electron chi connectivity index (χ4n) is 2.09. The third-order valence-electron chi connectivity index (χ3n) is 3.21. The second kappa shape index (κ2) is 7.04. The van der Waals surface area contributed by atoms with Crippen LogP contribution in [0.15, 0.2) is 0 Å². The summed E-state index contributed by atoms with van der Waals surface area (Å²) in [6, 6.07) is 0. The van der Waals surface area contributed by atoms with Crippen molar-refractivity contribution in [3.8, 4) is 0 Å². The number of hydrogen-bond acceptors (Lipinski definition) is 5. The first-order valence-corrected chi connectivity index (χ1v) is 6.58. The highest BCUT2D eigenvalue weighted by molar-refractivity contribution is 5.80. The number of hydrogen-bond donors (Lipinski definition) is 1. The predicted molar refractivity (Wildman–Crippen MR) is 65.4 cm³/mol. The Kier molecular flexibility index (Phi) is 5.37. The van der Waals surface area contributed by atoms with E-state index < -0.39 is 6.10 Å². The monoisotopic (exact) mass is 258 g/mol. The van der Waals surface area contributed by atoms with Crippen LogP contribution >= 0.6 is 0 Å². The number of rotatable bonds is 4. The average Bonchev–Trinajstić information content (AvgIpc) is 2.46. The second-order valence-electron chi connectivity index (χ2n) is 4.61. The van der Waals surface area contributed by atoms with Gasteiger partial charge >= 0.3 is 0 Å². The lowest BCUT2D eigenvalue weighted by Crippen LogP contribution is -2.47. The van der Waals surface area contributed by atoms with Crippen molar-refractivity contribution in [3.63, 3.8) is 0 Å². The van der Waals surface area contributed by atoms with Crippen molar-refractivity contribution in [1.29, 1.82) is 0 Å². The topological polar surface area (TPSA) is 60.0 Å². The standard InChI is InChI=1S/C12H22N2O4/c1-10(12(15)14-3-6-16-7-4-14)18-9-11-8-13-2-5-17-11/h10-11,13H,2-9H2,1H3. The molecule has 6 nitrogen and oxygen atoms in total. The molecule has 0 radical (unpaired) electrons. The van der Waals surface area contributed by atoms with Gasteiger partial charge in [-0.2, -0.15) is 0 Å². The van der Waals surface area contributed by atoms with Crippen LogP contribution in [0.2, 0.25) is 0 Å². The summed E-state index contributed by atoms with van der Waals surface area (Å²) < 4.78 is 16.3. The lowest BCUT2D eigenvalue weighted by atomic mass is 10.3. The van der Waals surface area contributed by atoms with Gasteiger partial charge in [-0.1, -0.05) is 0 Å². The van der Waals surface area contributed by atoms with Crippen LogP contribution in [0.1, 0.15) is 6.92 Å². The molecule has 0 spiro atoms. The minimum Gasteiger partial charge on any atom is -0.378 e. The molecule has 2 rings (SSSR count). The zero-order valence-electron chi connectivity index (χ0n) is 10.9. The third kappa shape index (κ3) is 3.91. The molecule has 0 bridgehead atoms. The van der Waals surface area contributed by atoms with Gasteiger partial charge < -0.3 is 24.4 Å². The van der Waals surface area contributed by atoms with E-state index in [4.69, 9.17) is 14.2 Å². The van der Waals surface area contributed by atoms with Crippen molar-refractivity contribution in [2.45, 2.75) is 19.1 Å². The molecule has 104 valence electrons. The van der Waals surface area contributed by atoms with Crippen LogP contribution in [-0.4, -0.2) is 75.6 Å². The van der Waals surface area contributed by atoms with Crippen LogP contribution in [0.5, 0.6) is 0 Å². The van der Waals surface area contributed by atoms with Gasteiger partial charge in [0.2, 0.25) is 0 Å². The van der Waals surface area contributed by atoms with E-state index >= 15 is 0 Å². The minimum absolute atomic E-state index is 0.0436. The van der Waals surface area contributed by atoms with Crippen molar-refractivity contribution >= 4 is 5.91 Å². The molecular formula is C12H22N2O4.